The van der Waals surface area contributed by atoms with E-state index in [1.54, 1.807) is 38.5 Å². The van der Waals surface area contributed by atoms with E-state index in [0.717, 1.165) is 41.7 Å². The van der Waals surface area contributed by atoms with E-state index in [-0.39, 0.29) is 0 Å². The van der Waals surface area contributed by atoms with Crippen molar-refractivity contribution in [3.05, 3.63) is 0 Å². The second-order valence-electron chi connectivity index (χ2n) is 8.85. The summed E-state index contributed by atoms with van der Waals surface area (Å²) in [5.74, 6) is 4.08. The normalized spacial score (nSPS) is 51.0. The lowest BCUT2D eigenvalue weighted by atomic mass is 9.49. The van der Waals surface area contributed by atoms with E-state index in [2.05, 4.69) is 11.8 Å². The third-order valence-electron chi connectivity index (χ3n) is 7.22. The molecule has 2 unspecified atom stereocenters. The average Bonchev–Trinajstić information content (AvgIpc) is 2.76. The third-order valence-corrected chi connectivity index (χ3v) is 7.22. The Balaban J connectivity index is 1.37. The Labute approximate surface area is 124 Å². The fourth-order valence-corrected chi connectivity index (χ4v) is 6.68. The predicted molar refractivity (Wildman–Crippen MR) is 83.4 cm³/mol. The van der Waals surface area contributed by atoms with Crippen LogP contribution >= 0.6 is 0 Å². The summed E-state index contributed by atoms with van der Waals surface area (Å²) in [6.07, 6.45) is 12.3. The van der Waals surface area contributed by atoms with E-state index in [1.165, 1.54) is 25.9 Å². The van der Waals surface area contributed by atoms with E-state index in [0.29, 0.717) is 0 Å². The minimum atomic E-state index is 0.759. The maximum atomic E-state index is 5.87. The molecule has 4 saturated carbocycles. The summed E-state index contributed by atoms with van der Waals surface area (Å²) in [5.41, 5.74) is 6.63. The number of nitrogens with two attached hydrogens (primary N) is 1. The lowest BCUT2D eigenvalue weighted by Gasteiger charge is -2.57. The SMILES string of the molecule is CC1CC(CN)CN1CCC12CC3CC(CC(C3)C1)C2. The summed E-state index contributed by atoms with van der Waals surface area (Å²) in [6, 6.07) is 0.775. The van der Waals surface area contributed by atoms with Gasteiger partial charge in [-0.15, -0.1) is 0 Å². The molecule has 2 atom stereocenters. The van der Waals surface area contributed by atoms with Gasteiger partial charge in [-0.2, -0.15) is 0 Å². The van der Waals surface area contributed by atoms with Crippen molar-refractivity contribution >= 4 is 0 Å². The van der Waals surface area contributed by atoms with E-state index in [1.807, 2.05) is 0 Å². The number of hydrogen-bond acceptors (Lipinski definition) is 2. The molecule has 4 aliphatic carbocycles. The van der Waals surface area contributed by atoms with Crippen LogP contribution in [0.15, 0.2) is 0 Å². The summed E-state index contributed by atoms with van der Waals surface area (Å²) < 4.78 is 0. The molecule has 20 heavy (non-hydrogen) atoms. The summed E-state index contributed by atoms with van der Waals surface area (Å²) in [5, 5.41) is 0. The molecule has 0 aromatic rings. The predicted octanol–water partition coefficient (Wildman–Crippen LogP) is 3.26. The van der Waals surface area contributed by atoms with Gasteiger partial charge in [0.05, 0.1) is 0 Å². The van der Waals surface area contributed by atoms with Crippen LogP contribution in [0.4, 0.5) is 0 Å². The molecule has 1 heterocycles. The highest BCUT2D eigenvalue weighted by Crippen LogP contribution is 2.61. The van der Waals surface area contributed by atoms with E-state index in [4.69, 9.17) is 5.73 Å². The average molecular weight is 276 g/mol. The Morgan fingerprint density at radius 2 is 1.60 bits per heavy atom. The minimum absolute atomic E-state index is 0.759. The molecule has 2 N–H and O–H groups in total. The monoisotopic (exact) mass is 276 g/mol. The Morgan fingerprint density at radius 3 is 2.10 bits per heavy atom. The molecule has 114 valence electrons. The maximum absolute atomic E-state index is 5.87. The second-order valence-corrected chi connectivity index (χ2v) is 8.85. The van der Waals surface area contributed by atoms with Gasteiger partial charge in [-0.05, 0) is 100 Å². The van der Waals surface area contributed by atoms with Crippen LogP contribution in [0.25, 0.3) is 0 Å². The molecule has 5 fully saturated rings. The van der Waals surface area contributed by atoms with Crippen molar-refractivity contribution in [2.75, 3.05) is 19.6 Å². The van der Waals surface area contributed by atoms with Gasteiger partial charge in [0.25, 0.3) is 0 Å². The van der Waals surface area contributed by atoms with Gasteiger partial charge in [-0.1, -0.05) is 0 Å². The molecule has 5 rings (SSSR count). The molecule has 0 amide bonds. The van der Waals surface area contributed by atoms with Gasteiger partial charge in [0.2, 0.25) is 0 Å². The molecular formula is C18H32N2. The highest BCUT2D eigenvalue weighted by Gasteiger charge is 2.50. The van der Waals surface area contributed by atoms with Gasteiger partial charge < -0.3 is 10.6 Å². The van der Waals surface area contributed by atoms with Crippen LogP contribution in [0, 0.1) is 29.1 Å². The van der Waals surface area contributed by atoms with E-state index in [9.17, 15) is 0 Å². The fraction of sp³-hybridized carbons (Fsp3) is 1.00. The van der Waals surface area contributed by atoms with Crippen molar-refractivity contribution in [3.8, 4) is 0 Å². The van der Waals surface area contributed by atoms with Crippen molar-refractivity contribution in [1.82, 2.24) is 4.90 Å². The lowest BCUT2D eigenvalue weighted by molar-refractivity contribution is -0.0612. The first kappa shape index (κ1) is 13.6. The number of nitrogens with zero attached hydrogens (tertiary/aromatic N) is 1. The summed E-state index contributed by atoms with van der Waals surface area (Å²) in [7, 11) is 0. The molecule has 0 spiro atoms. The van der Waals surface area contributed by atoms with Crippen molar-refractivity contribution in [3.63, 3.8) is 0 Å². The van der Waals surface area contributed by atoms with Crippen molar-refractivity contribution in [1.29, 1.82) is 0 Å². The largest absolute Gasteiger partial charge is 0.330 e. The van der Waals surface area contributed by atoms with Crippen molar-refractivity contribution < 1.29 is 0 Å². The van der Waals surface area contributed by atoms with Crippen LogP contribution < -0.4 is 5.73 Å². The van der Waals surface area contributed by atoms with E-state index < -0.39 is 0 Å². The quantitative estimate of drug-likeness (QED) is 0.854. The van der Waals surface area contributed by atoms with Gasteiger partial charge in [-0.3, -0.25) is 0 Å². The maximum Gasteiger partial charge on any atom is 0.00706 e. The van der Waals surface area contributed by atoms with Gasteiger partial charge in [-0.25, -0.2) is 0 Å². The zero-order chi connectivity index (χ0) is 13.7. The minimum Gasteiger partial charge on any atom is -0.330 e. The van der Waals surface area contributed by atoms with Crippen LogP contribution in [0.5, 0.6) is 0 Å². The Bertz CT molecular complexity index is 329. The third kappa shape index (κ3) is 2.33. The van der Waals surface area contributed by atoms with Crippen LogP contribution in [-0.4, -0.2) is 30.6 Å². The summed E-state index contributed by atoms with van der Waals surface area (Å²) >= 11 is 0. The van der Waals surface area contributed by atoms with Crippen LogP contribution in [0.2, 0.25) is 0 Å². The van der Waals surface area contributed by atoms with Gasteiger partial charge in [0, 0.05) is 12.6 Å². The molecule has 0 aromatic heterocycles. The molecule has 4 bridgehead atoms. The zero-order valence-corrected chi connectivity index (χ0v) is 13.2. The number of likely N-dealkylation sites (tertiary alicyclic amines) is 1. The topological polar surface area (TPSA) is 29.3 Å². The fourth-order valence-electron chi connectivity index (χ4n) is 6.68. The smallest absolute Gasteiger partial charge is 0.00706 e. The standard InChI is InChI=1S/C18H32N2/c1-13-4-17(11-19)12-20(13)3-2-18-8-14-5-15(9-18)7-16(6-14)10-18/h13-17H,2-12,19H2,1H3. The molecule has 0 radical (unpaired) electrons. The first-order valence-corrected chi connectivity index (χ1v) is 9.10. The van der Waals surface area contributed by atoms with Gasteiger partial charge in [0.15, 0.2) is 0 Å². The highest BCUT2D eigenvalue weighted by atomic mass is 15.2. The second kappa shape index (κ2) is 4.98. The molecule has 1 saturated heterocycles. The molecule has 5 aliphatic rings. The zero-order valence-electron chi connectivity index (χ0n) is 13.2. The van der Waals surface area contributed by atoms with Gasteiger partial charge >= 0.3 is 0 Å². The lowest BCUT2D eigenvalue weighted by Crippen LogP contribution is -2.47. The van der Waals surface area contributed by atoms with Crippen LogP contribution in [-0.2, 0) is 0 Å². The molecule has 1 aliphatic heterocycles. The molecule has 0 aromatic carbocycles. The Hall–Kier alpha value is -0.0800. The first-order valence-electron chi connectivity index (χ1n) is 9.10. The van der Waals surface area contributed by atoms with Crippen molar-refractivity contribution in [2.45, 2.75) is 64.3 Å². The van der Waals surface area contributed by atoms with E-state index >= 15 is 0 Å². The van der Waals surface area contributed by atoms with Crippen molar-refractivity contribution in [2.24, 2.45) is 34.8 Å². The highest BCUT2D eigenvalue weighted by molar-refractivity contribution is 5.01. The Kier molecular flexibility index (Phi) is 3.38. The summed E-state index contributed by atoms with van der Waals surface area (Å²) in [4.78, 5) is 2.75. The van der Waals surface area contributed by atoms with Gasteiger partial charge in [0.1, 0.15) is 0 Å². The first-order chi connectivity index (χ1) is 9.66. The molecule has 2 nitrogen and oxygen atoms in total. The molecule has 2 heteroatoms. The number of rotatable bonds is 4. The van der Waals surface area contributed by atoms with Crippen LogP contribution in [0.3, 0.4) is 0 Å². The van der Waals surface area contributed by atoms with Crippen LogP contribution in [0.1, 0.15) is 58.3 Å². The molecular weight excluding hydrogens is 244 g/mol. The Morgan fingerprint density at radius 1 is 1.00 bits per heavy atom. The number of hydrogen-bond donors (Lipinski definition) is 1. The summed E-state index contributed by atoms with van der Waals surface area (Å²) in [6.45, 7) is 5.92.